The molecule has 0 unspecified atom stereocenters. The van der Waals surface area contributed by atoms with Gasteiger partial charge in [0.05, 0.1) is 10.6 Å². The van der Waals surface area contributed by atoms with Crippen LogP contribution in [-0.2, 0) is 10.0 Å². The van der Waals surface area contributed by atoms with Gasteiger partial charge in [0.1, 0.15) is 6.54 Å². The van der Waals surface area contributed by atoms with E-state index in [0.29, 0.717) is 5.69 Å². The van der Waals surface area contributed by atoms with Crippen LogP contribution in [0.1, 0.15) is 15.9 Å². The van der Waals surface area contributed by atoms with Gasteiger partial charge in [-0.3, -0.25) is 9.78 Å². The minimum absolute atomic E-state index is 0.148. The largest absolute Gasteiger partial charge is 0.402 e. The van der Waals surface area contributed by atoms with Gasteiger partial charge in [-0.25, -0.2) is 13.1 Å². The summed E-state index contributed by atoms with van der Waals surface area (Å²) in [4.78, 5) is 16.5. The Kier molecular flexibility index (Phi) is 6.42. The number of nitrogens with one attached hydrogen (secondary N) is 2. The molecule has 3 aromatic rings. The minimum atomic E-state index is -4.67. The van der Waals surface area contributed by atoms with Crippen LogP contribution in [0.25, 0.3) is 11.3 Å². The van der Waals surface area contributed by atoms with E-state index in [1.54, 1.807) is 24.4 Å². The van der Waals surface area contributed by atoms with E-state index in [1.807, 2.05) is 25.1 Å². The molecule has 31 heavy (non-hydrogen) atoms. The number of hydrogen-bond donors (Lipinski definition) is 2. The van der Waals surface area contributed by atoms with Crippen LogP contribution in [0, 0.1) is 6.92 Å². The number of aryl methyl sites for hydroxylation is 1. The number of aromatic nitrogens is 1. The third-order valence-electron chi connectivity index (χ3n) is 4.33. The normalized spacial score (nSPS) is 11.9. The highest BCUT2D eigenvalue weighted by molar-refractivity contribution is 7.89. The fourth-order valence-electron chi connectivity index (χ4n) is 2.75. The Labute approximate surface area is 177 Å². The molecule has 2 N–H and O–H groups in total. The van der Waals surface area contributed by atoms with Crippen molar-refractivity contribution in [3.05, 3.63) is 78.0 Å². The van der Waals surface area contributed by atoms with E-state index in [9.17, 15) is 26.4 Å². The molecule has 1 amide bonds. The molecule has 10 heteroatoms. The molecule has 1 heterocycles. The van der Waals surface area contributed by atoms with Crippen molar-refractivity contribution in [2.24, 2.45) is 0 Å². The number of nitrogens with zero attached hydrogens (tertiary/aromatic N) is 1. The number of sulfonamides is 1. The Hall–Kier alpha value is -3.24. The highest BCUT2D eigenvalue weighted by Crippen LogP contribution is 2.25. The van der Waals surface area contributed by atoms with E-state index in [-0.39, 0.29) is 10.5 Å². The first-order valence-electron chi connectivity index (χ1n) is 9.05. The quantitative estimate of drug-likeness (QED) is 0.592. The molecule has 0 aliphatic rings. The molecule has 6 nitrogen and oxygen atoms in total. The van der Waals surface area contributed by atoms with Gasteiger partial charge >= 0.3 is 6.18 Å². The Morgan fingerprint density at radius 1 is 1.03 bits per heavy atom. The molecule has 0 aliphatic carbocycles. The van der Waals surface area contributed by atoms with E-state index in [1.165, 1.54) is 16.9 Å². The standard InChI is InChI=1S/C21H18F3N3O3S/c1-14-5-8-16(12-18(14)19-4-2-3-11-25-19)27-20(28)15-6-9-17(10-7-15)31(29,30)26-13-21(22,23)24/h2-12,26H,13H2,1H3,(H,27,28). The van der Waals surface area contributed by atoms with Crippen LogP contribution in [0.5, 0.6) is 0 Å². The second-order valence-corrected chi connectivity index (χ2v) is 8.43. The summed E-state index contributed by atoms with van der Waals surface area (Å²) in [6.07, 6.45) is -3.01. The summed E-state index contributed by atoms with van der Waals surface area (Å²) in [6.45, 7) is 0.241. The Bertz CT molecular complexity index is 1180. The molecular formula is C21H18F3N3O3S. The van der Waals surface area contributed by atoms with Crippen LogP contribution in [0.3, 0.4) is 0 Å². The average molecular weight is 449 g/mol. The summed E-state index contributed by atoms with van der Waals surface area (Å²) in [6, 6.07) is 15.4. The van der Waals surface area contributed by atoms with Crippen molar-refractivity contribution < 1.29 is 26.4 Å². The first kappa shape index (κ1) is 22.4. The maximum atomic E-state index is 12.5. The van der Waals surface area contributed by atoms with Crippen molar-refractivity contribution in [3.63, 3.8) is 0 Å². The highest BCUT2D eigenvalue weighted by atomic mass is 32.2. The van der Waals surface area contributed by atoms with E-state index < -0.39 is 28.7 Å². The van der Waals surface area contributed by atoms with E-state index in [4.69, 9.17) is 0 Å². The lowest BCUT2D eigenvalue weighted by molar-refractivity contribution is -0.121. The van der Waals surface area contributed by atoms with Gasteiger partial charge in [-0.15, -0.1) is 0 Å². The predicted molar refractivity (Wildman–Crippen MR) is 110 cm³/mol. The van der Waals surface area contributed by atoms with Crippen LogP contribution in [-0.4, -0.2) is 32.0 Å². The van der Waals surface area contributed by atoms with Crippen LogP contribution < -0.4 is 10.0 Å². The third kappa shape index (κ3) is 5.89. The van der Waals surface area contributed by atoms with Gasteiger partial charge in [-0.05, 0) is 61.0 Å². The summed E-state index contributed by atoms with van der Waals surface area (Å²) in [5, 5.41) is 2.72. The summed E-state index contributed by atoms with van der Waals surface area (Å²) in [5.74, 6) is -0.497. The fourth-order valence-corrected chi connectivity index (χ4v) is 3.76. The molecule has 0 aliphatic heterocycles. The van der Waals surface area contributed by atoms with Gasteiger partial charge < -0.3 is 5.32 Å². The fraction of sp³-hybridized carbons (Fsp3) is 0.143. The number of alkyl halides is 3. The van der Waals surface area contributed by atoms with E-state index in [0.717, 1.165) is 29.0 Å². The zero-order chi connectivity index (χ0) is 22.6. The van der Waals surface area contributed by atoms with E-state index >= 15 is 0 Å². The molecule has 3 rings (SSSR count). The highest BCUT2D eigenvalue weighted by Gasteiger charge is 2.30. The summed E-state index contributed by atoms with van der Waals surface area (Å²) >= 11 is 0. The van der Waals surface area contributed by atoms with Gasteiger partial charge in [0.15, 0.2) is 0 Å². The maximum Gasteiger partial charge on any atom is 0.402 e. The molecule has 0 saturated heterocycles. The number of benzene rings is 2. The number of halogens is 3. The molecule has 162 valence electrons. The van der Waals surface area contributed by atoms with Crippen molar-refractivity contribution in [2.45, 2.75) is 18.0 Å². The lowest BCUT2D eigenvalue weighted by Gasteiger charge is -2.11. The average Bonchev–Trinajstić information content (AvgIpc) is 2.74. The summed E-state index contributed by atoms with van der Waals surface area (Å²) < 4.78 is 62.1. The minimum Gasteiger partial charge on any atom is -0.322 e. The van der Waals surface area contributed by atoms with E-state index in [2.05, 4.69) is 10.3 Å². The van der Waals surface area contributed by atoms with Gasteiger partial charge in [-0.2, -0.15) is 13.2 Å². The number of pyridine rings is 1. The van der Waals surface area contributed by atoms with Crippen LogP contribution in [0.4, 0.5) is 18.9 Å². The Morgan fingerprint density at radius 3 is 2.35 bits per heavy atom. The van der Waals surface area contributed by atoms with Gasteiger partial charge in [0.25, 0.3) is 5.91 Å². The molecule has 0 fully saturated rings. The van der Waals surface area contributed by atoms with Crippen molar-refractivity contribution >= 4 is 21.6 Å². The van der Waals surface area contributed by atoms with Crippen molar-refractivity contribution in [3.8, 4) is 11.3 Å². The lowest BCUT2D eigenvalue weighted by atomic mass is 10.0. The number of rotatable bonds is 6. The number of carbonyl (C=O) groups excluding carboxylic acids is 1. The maximum absolute atomic E-state index is 12.5. The monoisotopic (exact) mass is 449 g/mol. The van der Waals surface area contributed by atoms with Gasteiger partial charge in [0.2, 0.25) is 10.0 Å². The first-order valence-corrected chi connectivity index (χ1v) is 10.5. The predicted octanol–water partition coefficient (Wildman–Crippen LogP) is 4.15. The van der Waals surface area contributed by atoms with Crippen molar-refractivity contribution in [1.29, 1.82) is 0 Å². The lowest BCUT2D eigenvalue weighted by Crippen LogP contribution is -2.33. The van der Waals surface area contributed by atoms with Crippen molar-refractivity contribution in [2.75, 3.05) is 11.9 Å². The molecule has 2 aromatic carbocycles. The van der Waals surface area contributed by atoms with Crippen LogP contribution >= 0.6 is 0 Å². The molecule has 0 bridgehead atoms. The molecule has 0 radical (unpaired) electrons. The topological polar surface area (TPSA) is 88.2 Å². The Balaban J connectivity index is 1.74. The molecular weight excluding hydrogens is 431 g/mol. The molecule has 0 saturated carbocycles. The Morgan fingerprint density at radius 2 is 1.74 bits per heavy atom. The second kappa shape index (κ2) is 8.86. The summed E-state index contributed by atoms with van der Waals surface area (Å²) in [5.41, 5.74) is 3.22. The van der Waals surface area contributed by atoms with Gasteiger partial charge in [0, 0.05) is 23.0 Å². The summed E-state index contributed by atoms with van der Waals surface area (Å²) in [7, 11) is -4.34. The van der Waals surface area contributed by atoms with Crippen molar-refractivity contribution in [1.82, 2.24) is 9.71 Å². The molecule has 0 spiro atoms. The number of anilines is 1. The first-order chi connectivity index (χ1) is 14.5. The van der Waals surface area contributed by atoms with Crippen LogP contribution in [0.15, 0.2) is 71.8 Å². The third-order valence-corrected chi connectivity index (χ3v) is 5.74. The zero-order valence-corrected chi connectivity index (χ0v) is 17.1. The zero-order valence-electron chi connectivity index (χ0n) is 16.3. The van der Waals surface area contributed by atoms with Gasteiger partial charge in [-0.1, -0.05) is 12.1 Å². The smallest absolute Gasteiger partial charge is 0.322 e. The number of hydrogen-bond acceptors (Lipinski definition) is 4. The second-order valence-electron chi connectivity index (χ2n) is 6.66. The number of amides is 1. The molecule has 0 atom stereocenters. The van der Waals surface area contributed by atoms with Crippen LogP contribution in [0.2, 0.25) is 0 Å². The SMILES string of the molecule is Cc1ccc(NC(=O)c2ccc(S(=O)(=O)NCC(F)(F)F)cc2)cc1-c1ccccn1. The number of carbonyl (C=O) groups is 1. The molecule has 1 aromatic heterocycles.